The highest BCUT2D eigenvalue weighted by molar-refractivity contribution is 5.76. The molecule has 2 rings (SSSR count). The molecule has 0 atom stereocenters. The van der Waals surface area contributed by atoms with E-state index in [1.165, 1.54) is 16.7 Å². The molecule has 0 saturated carbocycles. The topological polar surface area (TPSA) is 9.23 Å². The average Bonchev–Trinajstić information content (AvgIpc) is 2.54. The van der Waals surface area contributed by atoms with Gasteiger partial charge in [-0.2, -0.15) is 0 Å². The Hall–Kier alpha value is -1.76. The number of hydrogen-bond acceptors (Lipinski definition) is 1. The zero-order chi connectivity index (χ0) is 11.4. The van der Waals surface area contributed by atoms with Gasteiger partial charge in [-0.25, -0.2) is 0 Å². The van der Waals surface area contributed by atoms with Crippen LogP contribution in [-0.2, 0) is 0 Å². The Morgan fingerprint density at radius 1 is 1.19 bits per heavy atom. The van der Waals surface area contributed by atoms with E-state index in [2.05, 4.69) is 43.4 Å². The van der Waals surface area contributed by atoms with Crippen LogP contribution in [0.15, 0.2) is 54.1 Å². The summed E-state index contributed by atoms with van der Waals surface area (Å²) in [7, 11) is 1.69. The fourth-order valence-corrected chi connectivity index (χ4v) is 1.72. The van der Waals surface area contributed by atoms with E-state index < -0.39 is 0 Å². The molecule has 0 amide bonds. The highest BCUT2D eigenvalue weighted by Crippen LogP contribution is 2.23. The van der Waals surface area contributed by atoms with Crippen molar-refractivity contribution in [1.29, 1.82) is 0 Å². The minimum absolute atomic E-state index is 0.900. The molecule has 1 nitrogen and oxygen atoms in total. The molecule has 82 valence electrons. The maximum atomic E-state index is 5.23. The van der Waals surface area contributed by atoms with Crippen LogP contribution in [0.5, 0.6) is 5.75 Å². The van der Waals surface area contributed by atoms with Gasteiger partial charge in [0, 0.05) is 0 Å². The molecule has 1 aromatic rings. The Kier molecular flexibility index (Phi) is 3.25. The van der Waals surface area contributed by atoms with Crippen molar-refractivity contribution in [3.05, 3.63) is 59.7 Å². The smallest absolute Gasteiger partial charge is 0.119 e. The molecule has 1 aliphatic rings. The zero-order valence-electron chi connectivity index (χ0n) is 9.73. The maximum absolute atomic E-state index is 5.23. The van der Waals surface area contributed by atoms with Crippen LogP contribution in [0.3, 0.4) is 0 Å². The largest absolute Gasteiger partial charge is 0.497 e. The van der Waals surface area contributed by atoms with Crippen LogP contribution in [0.2, 0.25) is 0 Å². The molecular weight excluding hydrogens is 196 g/mol. The number of allylic oxidation sites excluding steroid dienone is 6. The molecule has 0 aromatic heterocycles. The standard InChI is InChI=1S/C15H16O/c1-12-5-3-6-13(10-9-12)14-7-4-8-15(11-14)16-2/h3-4,6-11H,5H2,1-2H3. The normalized spacial score (nSPS) is 15.1. The Morgan fingerprint density at radius 3 is 2.88 bits per heavy atom. The Morgan fingerprint density at radius 2 is 2.06 bits per heavy atom. The number of benzene rings is 1. The van der Waals surface area contributed by atoms with Crippen molar-refractivity contribution in [3.63, 3.8) is 0 Å². The molecule has 0 N–H and O–H groups in total. The van der Waals surface area contributed by atoms with Crippen LogP contribution >= 0.6 is 0 Å². The van der Waals surface area contributed by atoms with Gasteiger partial charge in [0.05, 0.1) is 7.11 Å². The maximum Gasteiger partial charge on any atom is 0.119 e. The molecule has 0 fully saturated rings. The first-order chi connectivity index (χ1) is 7.79. The molecule has 1 heteroatoms. The molecule has 1 aromatic carbocycles. The minimum Gasteiger partial charge on any atom is -0.497 e. The minimum atomic E-state index is 0.900. The summed E-state index contributed by atoms with van der Waals surface area (Å²) >= 11 is 0. The summed E-state index contributed by atoms with van der Waals surface area (Å²) in [5, 5.41) is 0. The van der Waals surface area contributed by atoms with Gasteiger partial charge >= 0.3 is 0 Å². The van der Waals surface area contributed by atoms with Crippen molar-refractivity contribution in [2.75, 3.05) is 7.11 Å². The lowest BCUT2D eigenvalue weighted by Crippen LogP contribution is -1.85. The van der Waals surface area contributed by atoms with Crippen molar-refractivity contribution < 1.29 is 4.74 Å². The van der Waals surface area contributed by atoms with Gasteiger partial charge < -0.3 is 4.74 Å². The summed E-state index contributed by atoms with van der Waals surface area (Å²) in [5.41, 5.74) is 3.81. The SMILES string of the molecule is COc1cccc(C2=CC=C(C)CC=C2)c1. The highest BCUT2D eigenvalue weighted by atomic mass is 16.5. The summed E-state index contributed by atoms with van der Waals surface area (Å²) in [4.78, 5) is 0. The van der Waals surface area contributed by atoms with E-state index in [1.807, 2.05) is 12.1 Å². The third-order valence-electron chi connectivity index (χ3n) is 2.69. The lowest BCUT2D eigenvalue weighted by molar-refractivity contribution is 0.414. The van der Waals surface area contributed by atoms with E-state index in [1.54, 1.807) is 7.11 Å². The van der Waals surface area contributed by atoms with E-state index in [9.17, 15) is 0 Å². The van der Waals surface area contributed by atoms with Crippen LogP contribution < -0.4 is 4.74 Å². The zero-order valence-corrected chi connectivity index (χ0v) is 9.73. The first-order valence-electron chi connectivity index (χ1n) is 5.48. The Balaban J connectivity index is 2.36. The summed E-state index contributed by atoms with van der Waals surface area (Å²) in [6.07, 6.45) is 9.73. The van der Waals surface area contributed by atoms with Gasteiger partial charge in [-0.05, 0) is 36.6 Å². The fourth-order valence-electron chi connectivity index (χ4n) is 1.72. The summed E-state index contributed by atoms with van der Waals surface area (Å²) in [6, 6.07) is 8.15. The van der Waals surface area contributed by atoms with Gasteiger partial charge in [0.2, 0.25) is 0 Å². The molecule has 0 radical (unpaired) electrons. The van der Waals surface area contributed by atoms with Gasteiger partial charge in [0.25, 0.3) is 0 Å². The molecular formula is C15H16O. The predicted molar refractivity (Wildman–Crippen MR) is 68.5 cm³/mol. The van der Waals surface area contributed by atoms with Gasteiger partial charge in [-0.1, -0.05) is 42.0 Å². The second-order valence-corrected chi connectivity index (χ2v) is 3.97. The number of methoxy groups -OCH3 is 1. The van der Waals surface area contributed by atoms with Crippen molar-refractivity contribution in [2.45, 2.75) is 13.3 Å². The third-order valence-corrected chi connectivity index (χ3v) is 2.69. The first kappa shape index (κ1) is 10.7. The van der Waals surface area contributed by atoms with Crippen molar-refractivity contribution >= 4 is 5.57 Å². The van der Waals surface area contributed by atoms with E-state index in [0.29, 0.717) is 0 Å². The molecule has 0 saturated heterocycles. The summed E-state index contributed by atoms with van der Waals surface area (Å²) < 4.78 is 5.23. The molecule has 1 aliphatic carbocycles. The molecule has 16 heavy (non-hydrogen) atoms. The van der Waals surface area contributed by atoms with Crippen LogP contribution in [0.1, 0.15) is 18.9 Å². The van der Waals surface area contributed by atoms with Gasteiger partial charge in [-0.3, -0.25) is 0 Å². The molecule has 0 unspecified atom stereocenters. The van der Waals surface area contributed by atoms with Crippen LogP contribution in [0.25, 0.3) is 5.57 Å². The van der Waals surface area contributed by atoms with Crippen LogP contribution in [-0.4, -0.2) is 7.11 Å². The number of ether oxygens (including phenoxy) is 1. The molecule has 0 aliphatic heterocycles. The first-order valence-corrected chi connectivity index (χ1v) is 5.48. The monoisotopic (exact) mass is 212 g/mol. The van der Waals surface area contributed by atoms with Gasteiger partial charge in [0.15, 0.2) is 0 Å². The summed E-state index contributed by atoms with van der Waals surface area (Å²) in [6.45, 7) is 2.15. The Labute approximate surface area is 96.8 Å². The molecule has 0 spiro atoms. The van der Waals surface area contributed by atoms with Crippen molar-refractivity contribution in [3.8, 4) is 5.75 Å². The van der Waals surface area contributed by atoms with Crippen LogP contribution in [0, 0.1) is 0 Å². The van der Waals surface area contributed by atoms with Crippen molar-refractivity contribution in [1.82, 2.24) is 0 Å². The Bertz CT molecular complexity index is 464. The van der Waals surface area contributed by atoms with Gasteiger partial charge in [0.1, 0.15) is 5.75 Å². The van der Waals surface area contributed by atoms with E-state index in [-0.39, 0.29) is 0 Å². The third kappa shape index (κ3) is 2.43. The number of rotatable bonds is 2. The summed E-state index contributed by atoms with van der Waals surface area (Å²) in [5.74, 6) is 0.900. The lowest BCUT2D eigenvalue weighted by Gasteiger charge is -2.04. The van der Waals surface area contributed by atoms with E-state index in [4.69, 9.17) is 4.74 Å². The van der Waals surface area contributed by atoms with Crippen LogP contribution in [0.4, 0.5) is 0 Å². The molecule has 0 bridgehead atoms. The second-order valence-electron chi connectivity index (χ2n) is 3.97. The fraction of sp³-hybridized carbons (Fsp3) is 0.200. The second kappa shape index (κ2) is 4.84. The number of hydrogen-bond donors (Lipinski definition) is 0. The lowest BCUT2D eigenvalue weighted by atomic mass is 10.1. The van der Waals surface area contributed by atoms with Crippen molar-refractivity contribution in [2.24, 2.45) is 0 Å². The molecule has 0 heterocycles. The van der Waals surface area contributed by atoms with E-state index >= 15 is 0 Å². The quantitative estimate of drug-likeness (QED) is 0.720. The average molecular weight is 212 g/mol. The predicted octanol–water partition coefficient (Wildman–Crippen LogP) is 3.98. The van der Waals surface area contributed by atoms with E-state index in [0.717, 1.165) is 12.2 Å². The van der Waals surface area contributed by atoms with Gasteiger partial charge in [-0.15, -0.1) is 0 Å². The highest BCUT2D eigenvalue weighted by Gasteiger charge is 2.01.